The maximum Gasteiger partial charge on any atom is 0.416 e. The fourth-order valence-corrected chi connectivity index (χ4v) is 3.63. The molecule has 1 aromatic carbocycles. The van der Waals surface area contributed by atoms with Gasteiger partial charge in [0.05, 0.1) is 11.1 Å². The first kappa shape index (κ1) is 32.3. The molecule has 218 valence electrons. The Hall–Kier alpha value is -3.94. The van der Waals surface area contributed by atoms with Gasteiger partial charge in [-0.1, -0.05) is 6.08 Å². The number of amides is 1. The number of hydrogen-bond donors (Lipinski definition) is 2. The normalized spacial score (nSPS) is 15.9. The van der Waals surface area contributed by atoms with E-state index in [0.717, 1.165) is 30.9 Å². The van der Waals surface area contributed by atoms with Crippen LogP contribution in [0.2, 0.25) is 0 Å². The monoisotopic (exact) mass is 572 g/mol. The molecule has 0 aliphatic carbocycles. The average molecular weight is 573 g/mol. The van der Waals surface area contributed by atoms with Crippen LogP contribution in [0, 0.1) is 0 Å². The Morgan fingerprint density at radius 3 is 2.33 bits per heavy atom. The lowest BCUT2D eigenvalue weighted by Gasteiger charge is -2.19. The van der Waals surface area contributed by atoms with Crippen molar-refractivity contribution in [2.24, 2.45) is 4.99 Å². The maximum absolute atomic E-state index is 12.4. The molecule has 0 bridgehead atoms. The minimum absolute atomic E-state index is 0.0322. The van der Waals surface area contributed by atoms with E-state index in [1.807, 2.05) is 31.4 Å². The molecule has 2 N–H and O–H groups in total. The van der Waals surface area contributed by atoms with Crippen molar-refractivity contribution < 1.29 is 35.9 Å². The van der Waals surface area contributed by atoms with Crippen LogP contribution in [-0.2, 0) is 23.7 Å². The minimum atomic E-state index is -4.88. The largest absolute Gasteiger partial charge is 0.470 e. The molecule has 1 aromatic heterocycles. The lowest BCUT2D eigenvalue weighted by atomic mass is 10.0. The highest BCUT2D eigenvalue weighted by molar-refractivity contribution is 5.49. The van der Waals surface area contributed by atoms with Crippen LogP contribution >= 0.6 is 0 Å². The number of nitrogens with zero attached hydrogens (tertiary/aromatic N) is 4. The molecule has 0 spiro atoms. The molecule has 3 rings (SSSR count). The Kier molecular flexibility index (Phi) is 12.1. The predicted octanol–water partition coefficient (Wildman–Crippen LogP) is 4.78. The summed E-state index contributed by atoms with van der Waals surface area (Å²) in [5.74, 6) is 1.38. The van der Waals surface area contributed by atoms with Crippen LogP contribution in [0.4, 0.5) is 32.2 Å². The van der Waals surface area contributed by atoms with Crippen molar-refractivity contribution >= 4 is 18.9 Å². The molecule has 1 unspecified atom stereocenters. The van der Waals surface area contributed by atoms with Gasteiger partial charge in [-0.3, -0.25) is 9.79 Å². The minimum Gasteiger partial charge on any atom is -0.470 e. The van der Waals surface area contributed by atoms with Crippen LogP contribution in [-0.4, -0.2) is 55.9 Å². The highest BCUT2D eigenvalue weighted by Gasteiger charge is 2.36. The molecule has 40 heavy (non-hydrogen) atoms. The van der Waals surface area contributed by atoms with E-state index in [9.17, 15) is 31.1 Å². The number of rotatable bonds is 10. The third kappa shape index (κ3) is 9.98. The second-order valence-electron chi connectivity index (χ2n) is 8.47. The van der Waals surface area contributed by atoms with Gasteiger partial charge in [0.15, 0.2) is 5.82 Å². The number of ether oxygens (including phenoxy) is 1. The number of nitrogens with one attached hydrogen (secondary N) is 2. The Bertz CT molecular complexity index is 1150. The van der Waals surface area contributed by atoms with Gasteiger partial charge in [0, 0.05) is 44.3 Å². The van der Waals surface area contributed by atoms with E-state index < -0.39 is 30.0 Å². The SMILES string of the molecule is C=N/C=C\C(=C/C)COc1nccnc1N1CCC(NC)C1.O=CNCc1cc(C(F)(F)F)cc(C(F)(F)F)c1. The molecule has 1 fully saturated rings. The molecule has 1 aliphatic heterocycles. The third-order valence-electron chi connectivity index (χ3n) is 5.72. The number of carbonyl (C=O) groups excluding carboxylic acids is 1. The van der Waals surface area contributed by atoms with Gasteiger partial charge >= 0.3 is 12.4 Å². The number of alkyl halides is 6. The Morgan fingerprint density at radius 1 is 1.15 bits per heavy atom. The fraction of sp³-hybridized carbons (Fsp3) is 0.385. The van der Waals surface area contributed by atoms with E-state index in [1.165, 1.54) is 0 Å². The Balaban J connectivity index is 0.000000286. The number of aliphatic imine (C=N–C) groups is 1. The molecule has 1 aliphatic rings. The van der Waals surface area contributed by atoms with E-state index in [1.54, 1.807) is 18.6 Å². The zero-order valence-electron chi connectivity index (χ0n) is 21.9. The zero-order chi connectivity index (χ0) is 29.8. The first-order valence-corrected chi connectivity index (χ1v) is 12.0. The Labute approximate surface area is 227 Å². The maximum atomic E-state index is 12.4. The molecule has 0 radical (unpaired) electrons. The highest BCUT2D eigenvalue weighted by Crippen LogP contribution is 2.36. The lowest BCUT2D eigenvalue weighted by molar-refractivity contribution is -0.143. The van der Waals surface area contributed by atoms with Crippen LogP contribution in [0.25, 0.3) is 0 Å². The summed E-state index contributed by atoms with van der Waals surface area (Å²) in [6, 6.07) is 1.64. The average Bonchev–Trinajstić information content (AvgIpc) is 3.41. The molecule has 1 saturated heterocycles. The first-order chi connectivity index (χ1) is 18.9. The number of likely N-dealkylation sites (N-methyl/N-ethyl adjacent to an activating group) is 1. The van der Waals surface area contributed by atoms with Crippen LogP contribution in [0.1, 0.15) is 30.0 Å². The number of anilines is 1. The van der Waals surface area contributed by atoms with Crippen molar-refractivity contribution in [1.82, 2.24) is 20.6 Å². The number of carbonyl (C=O) groups is 1. The third-order valence-corrected chi connectivity index (χ3v) is 5.72. The van der Waals surface area contributed by atoms with Crippen molar-refractivity contribution in [1.29, 1.82) is 0 Å². The lowest BCUT2D eigenvalue weighted by Crippen LogP contribution is -2.30. The number of hydrogen-bond acceptors (Lipinski definition) is 7. The summed E-state index contributed by atoms with van der Waals surface area (Å²) >= 11 is 0. The molecule has 2 heterocycles. The summed E-state index contributed by atoms with van der Waals surface area (Å²) < 4.78 is 80.3. The summed E-state index contributed by atoms with van der Waals surface area (Å²) in [5.41, 5.74) is -2.07. The number of halogens is 6. The molecule has 8 nitrogen and oxygen atoms in total. The van der Waals surface area contributed by atoms with E-state index in [2.05, 4.69) is 31.9 Å². The summed E-state index contributed by atoms with van der Waals surface area (Å²) in [5, 5.41) is 5.31. The van der Waals surface area contributed by atoms with Crippen molar-refractivity contribution in [3.05, 3.63) is 71.2 Å². The quantitative estimate of drug-likeness (QED) is 0.184. The van der Waals surface area contributed by atoms with E-state index in [0.29, 0.717) is 30.7 Å². The van der Waals surface area contributed by atoms with Crippen molar-refractivity contribution in [2.45, 2.75) is 38.3 Å². The molecule has 0 saturated carbocycles. The standard InChI is InChI=1S/C16H23N5O.C10H7F6NO/c1-4-13(5-7-17-2)12-22-16-15(19-8-9-20-16)21-10-6-14(11-21)18-3;11-9(12,13)7-1-6(4-17-5-18)2-8(3-7)10(14,15)16/h4-5,7-9,14,18H,2,6,10-12H2,1,3H3;1-3,5H,4H2,(H,17,18)/b7-5-,13-4+;. The van der Waals surface area contributed by atoms with Crippen molar-refractivity contribution in [3.63, 3.8) is 0 Å². The second-order valence-corrected chi connectivity index (χ2v) is 8.47. The summed E-state index contributed by atoms with van der Waals surface area (Å²) in [6.45, 7) is 7.28. The van der Waals surface area contributed by atoms with Gasteiger partial charge in [-0.2, -0.15) is 26.3 Å². The van der Waals surface area contributed by atoms with Gasteiger partial charge < -0.3 is 20.3 Å². The summed E-state index contributed by atoms with van der Waals surface area (Å²) in [6.07, 6.45) is 0.380. The van der Waals surface area contributed by atoms with Crippen molar-refractivity contribution in [3.8, 4) is 5.88 Å². The van der Waals surface area contributed by atoms with Crippen LogP contribution in [0.15, 0.2) is 59.5 Å². The summed E-state index contributed by atoms with van der Waals surface area (Å²) in [7, 11) is 1.99. The molecule has 2 aromatic rings. The van der Waals surface area contributed by atoms with Crippen LogP contribution in [0.5, 0.6) is 5.88 Å². The van der Waals surface area contributed by atoms with E-state index in [4.69, 9.17) is 4.74 Å². The van der Waals surface area contributed by atoms with Crippen LogP contribution in [0.3, 0.4) is 0 Å². The van der Waals surface area contributed by atoms with Crippen molar-refractivity contribution in [2.75, 3.05) is 31.6 Å². The molecule has 14 heteroatoms. The van der Waals surface area contributed by atoms with Crippen LogP contribution < -0.4 is 20.3 Å². The predicted molar refractivity (Wildman–Crippen MR) is 139 cm³/mol. The zero-order valence-corrected chi connectivity index (χ0v) is 21.9. The highest BCUT2D eigenvalue weighted by atomic mass is 19.4. The number of aromatic nitrogens is 2. The fourth-order valence-electron chi connectivity index (χ4n) is 3.63. The van der Waals surface area contributed by atoms with E-state index >= 15 is 0 Å². The van der Waals surface area contributed by atoms with Gasteiger partial charge in [0.1, 0.15) is 6.61 Å². The van der Waals surface area contributed by atoms with Gasteiger partial charge in [0.2, 0.25) is 6.41 Å². The number of allylic oxidation sites excluding steroid dienone is 1. The van der Waals surface area contributed by atoms with E-state index in [-0.39, 0.29) is 18.0 Å². The smallest absolute Gasteiger partial charge is 0.416 e. The van der Waals surface area contributed by atoms with Gasteiger partial charge in [0.25, 0.3) is 5.88 Å². The van der Waals surface area contributed by atoms with Gasteiger partial charge in [-0.05, 0) is 62.5 Å². The topological polar surface area (TPSA) is 91.7 Å². The number of benzene rings is 1. The first-order valence-electron chi connectivity index (χ1n) is 12.0. The molecular weight excluding hydrogens is 542 g/mol. The molecule has 1 amide bonds. The van der Waals surface area contributed by atoms with Gasteiger partial charge in [-0.25, -0.2) is 9.97 Å². The van der Waals surface area contributed by atoms with Gasteiger partial charge in [-0.15, -0.1) is 0 Å². The Morgan fingerprint density at radius 2 is 1.80 bits per heavy atom. The summed E-state index contributed by atoms with van der Waals surface area (Å²) in [4.78, 5) is 24.7. The molecule has 1 atom stereocenters. The second kappa shape index (κ2) is 15.0. The molecular formula is C26H30F6N6O2.